The molecule has 1 aromatic rings. The summed E-state index contributed by atoms with van der Waals surface area (Å²) >= 11 is 0. The molecule has 174 valence electrons. The van der Waals surface area contributed by atoms with Crippen molar-refractivity contribution in [3.8, 4) is 0 Å². The first-order valence-corrected chi connectivity index (χ1v) is 11.0. The van der Waals surface area contributed by atoms with E-state index >= 15 is 0 Å². The van der Waals surface area contributed by atoms with Gasteiger partial charge in [0, 0.05) is 18.8 Å². The second kappa shape index (κ2) is 10.4. The standard InChI is InChI=1S/C22H33N5O2.2ClH/c1-14-16(7-8-19(24)26-14)13-25-21(29)22-12-17(22)9-10-27(22)20(28)18(23)11-15-5-3-2-4-6-15;;/h7-8,15,17-18H,2-6,9-13,23H2,1H3,(H2,24,26)(H,25,29);2*1H/t17-,18-,22+;;/m1../s1. The van der Waals surface area contributed by atoms with Crippen molar-refractivity contribution in [3.05, 3.63) is 23.4 Å². The molecule has 0 radical (unpaired) electrons. The number of halogens is 2. The summed E-state index contributed by atoms with van der Waals surface area (Å²) in [7, 11) is 0. The fourth-order valence-electron chi connectivity index (χ4n) is 5.39. The highest BCUT2D eigenvalue weighted by Gasteiger charge is 2.68. The highest BCUT2D eigenvalue weighted by Crippen LogP contribution is 2.56. The van der Waals surface area contributed by atoms with Crippen LogP contribution < -0.4 is 16.8 Å². The molecule has 0 unspecified atom stereocenters. The molecule has 3 fully saturated rings. The Bertz CT molecular complexity index is 802. The second-order valence-electron chi connectivity index (χ2n) is 9.11. The highest BCUT2D eigenvalue weighted by atomic mass is 35.5. The number of rotatable bonds is 6. The van der Waals surface area contributed by atoms with Crippen LogP contribution in [0.5, 0.6) is 0 Å². The van der Waals surface area contributed by atoms with Crippen molar-refractivity contribution in [1.82, 2.24) is 15.2 Å². The largest absolute Gasteiger partial charge is 0.384 e. The predicted octanol–water partition coefficient (Wildman–Crippen LogP) is 2.72. The fourth-order valence-corrected chi connectivity index (χ4v) is 5.39. The molecule has 2 heterocycles. The molecule has 1 saturated heterocycles. The van der Waals surface area contributed by atoms with E-state index in [9.17, 15) is 9.59 Å². The number of nitrogens with one attached hydrogen (secondary N) is 1. The van der Waals surface area contributed by atoms with Crippen LogP contribution in [-0.4, -0.2) is 39.8 Å². The van der Waals surface area contributed by atoms with Crippen LogP contribution in [0.25, 0.3) is 0 Å². The number of piperidine rings is 1. The lowest BCUT2D eigenvalue weighted by Crippen LogP contribution is -2.54. The van der Waals surface area contributed by atoms with Gasteiger partial charge in [-0.3, -0.25) is 9.59 Å². The lowest BCUT2D eigenvalue weighted by Gasteiger charge is -2.31. The van der Waals surface area contributed by atoms with E-state index in [0.717, 1.165) is 30.5 Å². The fraction of sp³-hybridized carbons (Fsp3) is 0.682. The third-order valence-electron chi connectivity index (χ3n) is 7.20. The van der Waals surface area contributed by atoms with Crippen molar-refractivity contribution in [2.75, 3.05) is 12.3 Å². The molecule has 7 nitrogen and oxygen atoms in total. The molecule has 3 aliphatic rings. The highest BCUT2D eigenvalue weighted by molar-refractivity contribution is 5.96. The van der Waals surface area contributed by atoms with Gasteiger partial charge in [0.15, 0.2) is 0 Å². The number of amides is 2. The number of nitrogens with zero attached hydrogens (tertiary/aromatic N) is 2. The SMILES string of the molecule is Cc1nc(N)ccc1CNC(=O)[C@]12C[C@H]1CCN2C(=O)[C@H](N)CC1CCCCC1.Cl.Cl. The molecule has 9 heteroatoms. The van der Waals surface area contributed by atoms with E-state index in [1.807, 2.05) is 13.0 Å². The Morgan fingerprint density at radius 1 is 1.23 bits per heavy atom. The number of nitrogens with two attached hydrogens (primary N) is 2. The summed E-state index contributed by atoms with van der Waals surface area (Å²) in [6, 6.07) is 3.13. The van der Waals surface area contributed by atoms with Gasteiger partial charge in [0.05, 0.1) is 6.04 Å². The normalized spacial score (nSPS) is 25.6. The first kappa shape index (κ1) is 25.7. The van der Waals surface area contributed by atoms with E-state index in [1.165, 1.54) is 32.1 Å². The molecule has 2 aliphatic carbocycles. The van der Waals surface area contributed by atoms with Crippen LogP contribution in [0.4, 0.5) is 5.82 Å². The van der Waals surface area contributed by atoms with Crippen LogP contribution in [0.1, 0.15) is 62.6 Å². The van der Waals surface area contributed by atoms with E-state index in [4.69, 9.17) is 11.5 Å². The van der Waals surface area contributed by atoms with Gasteiger partial charge in [-0.1, -0.05) is 38.2 Å². The molecule has 4 rings (SSSR count). The first-order valence-electron chi connectivity index (χ1n) is 11.0. The smallest absolute Gasteiger partial charge is 0.246 e. The van der Waals surface area contributed by atoms with Gasteiger partial charge >= 0.3 is 0 Å². The van der Waals surface area contributed by atoms with Gasteiger partial charge in [0.25, 0.3) is 0 Å². The minimum absolute atomic E-state index is 0. The molecule has 1 aromatic heterocycles. The van der Waals surface area contributed by atoms with Crippen LogP contribution in [0, 0.1) is 18.8 Å². The molecule has 1 aliphatic heterocycles. The number of hydrogen-bond donors (Lipinski definition) is 3. The van der Waals surface area contributed by atoms with Gasteiger partial charge in [-0.05, 0) is 49.7 Å². The van der Waals surface area contributed by atoms with Crippen molar-refractivity contribution in [2.24, 2.45) is 17.6 Å². The van der Waals surface area contributed by atoms with Crippen LogP contribution in [-0.2, 0) is 16.1 Å². The number of anilines is 1. The van der Waals surface area contributed by atoms with Crippen LogP contribution >= 0.6 is 24.8 Å². The summed E-state index contributed by atoms with van der Waals surface area (Å²) in [5.41, 5.74) is 13.1. The van der Waals surface area contributed by atoms with Gasteiger partial charge in [-0.2, -0.15) is 0 Å². The summed E-state index contributed by atoms with van der Waals surface area (Å²) in [4.78, 5) is 32.3. The van der Waals surface area contributed by atoms with E-state index in [2.05, 4.69) is 10.3 Å². The Kier molecular flexibility index (Phi) is 8.59. The lowest BCUT2D eigenvalue weighted by molar-refractivity contribution is -0.142. The zero-order chi connectivity index (χ0) is 20.6. The van der Waals surface area contributed by atoms with Crippen LogP contribution in [0.15, 0.2) is 12.1 Å². The van der Waals surface area contributed by atoms with Gasteiger partial charge in [-0.25, -0.2) is 4.98 Å². The maximum Gasteiger partial charge on any atom is 0.246 e. The minimum Gasteiger partial charge on any atom is -0.384 e. The van der Waals surface area contributed by atoms with Crippen molar-refractivity contribution in [1.29, 1.82) is 0 Å². The molecule has 2 amide bonds. The molecular formula is C22H35Cl2N5O2. The number of pyridine rings is 1. The van der Waals surface area contributed by atoms with Crippen LogP contribution in [0.2, 0.25) is 0 Å². The third-order valence-corrected chi connectivity index (χ3v) is 7.20. The summed E-state index contributed by atoms with van der Waals surface area (Å²) in [6.45, 7) is 2.91. The average molecular weight is 472 g/mol. The van der Waals surface area contributed by atoms with E-state index in [-0.39, 0.29) is 42.5 Å². The summed E-state index contributed by atoms with van der Waals surface area (Å²) in [5.74, 6) is 1.17. The number of carbonyl (C=O) groups is 2. The van der Waals surface area contributed by atoms with Crippen LogP contribution in [0.3, 0.4) is 0 Å². The molecule has 0 aromatic carbocycles. The molecule has 3 atom stereocenters. The molecule has 5 N–H and O–H groups in total. The maximum atomic E-state index is 13.1. The Labute approximate surface area is 196 Å². The first-order chi connectivity index (χ1) is 13.9. The number of aromatic nitrogens is 1. The van der Waals surface area contributed by atoms with Gasteiger partial charge < -0.3 is 21.7 Å². The molecular weight excluding hydrogens is 437 g/mol. The molecule has 2 saturated carbocycles. The van der Waals surface area contributed by atoms with Crippen molar-refractivity contribution >= 4 is 42.4 Å². The summed E-state index contributed by atoms with van der Waals surface area (Å²) in [6.07, 6.45) is 8.49. The number of hydrogen-bond acceptors (Lipinski definition) is 5. The maximum absolute atomic E-state index is 13.1. The number of aryl methyl sites for hydroxylation is 1. The summed E-state index contributed by atoms with van der Waals surface area (Å²) < 4.78 is 0. The predicted molar refractivity (Wildman–Crippen MR) is 126 cm³/mol. The quantitative estimate of drug-likeness (QED) is 0.589. The molecule has 0 spiro atoms. The Morgan fingerprint density at radius 3 is 2.58 bits per heavy atom. The minimum atomic E-state index is -0.684. The zero-order valence-corrected chi connectivity index (χ0v) is 19.8. The Morgan fingerprint density at radius 2 is 1.94 bits per heavy atom. The number of likely N-dealkylation sites (tertiary alicyclic amines) is 1. The monoisotopic (exact) mass is 471 g/mol. The average Bonchev–Trinajstić information content (AvgIpc) is 3.33. The van der Waals surface area contributed by atoms with E-state index in [0.29, 0.717) is 24.8 Å². The third kappa shape index (κ3) is 5.10. The zero-order valence-electron chi connectivity index (χ0n) is 18.1. The van der Waals surface area contributed by atoms with Crippen molar-refractivity contribution in [3.63, 3.8) is 0 Å². The summed E-state index contributed by atoms with van der Waals surface area (Å²) in [5, 5.41) is 3.03. The van der Waals surface area contributed by atoms with Gasteiger partial charge in [0.1, 0.15) is 11.4 Å². The number of nitrogen functional groups attached to an aromatic ring is 1. The van der Waals surface area contributed by atoms with Gasteiger partial charge in [-0.15, -0.1) is 24.8 Å². The van der Waals surface area contributed by atoms with Crippen molar-refractivity contribution in [2.45, 2.75) is 76.4 Å². The van der Waals surface area contributed by atoms with Crippen molar-refractivity contribution < 1.29 is 9.59 Å². The lowest BCUT2D eigenvalue weighted by atomic mass is 9.84. The van der Waals surface area contributed by atoms with Gasteiger partial charge in [0.2, 0.25) is 11.8 Å². The van der Waals surface area contributed by atoms with E-state index in [1.54, 1.807) is 11.0 Å². The number of fused-ring (bicyclic) bond motifs is 1. The Balaban J connectivity index is 0.00000171. The Hall–Kier alpha value is -1.57. The second-order valence-corrected chi connectivity index (χ2v) is 9.11. The van der Waals surface area contributed by atoms with E-state index < -0.39 is 11.6 Å². The molecule has 0 bridgehead atoms. The molecule has 31 heavy (non-hydrogen) atoms. The number of carbonyl (C=O) groups excluding carboxylic acids is 2. The topological polar surface area (TPSA) is 114 Å².